The summed E-state index contributed by atoms with van der Waals surface area (Å²) < 4.78 is 26.4. The second kappa shape index (κ2) is 6.26. The van der Waals surface area contributed by atoms with Crippen LogP contribution in [0, 0.1) is 23.5 Å². The van der Waals surface area contributed by atoms with Crippen LogP contribution in [-0.4, -0.2) is 36.3 Å². The molecule has 0 spiro atoms. The third-order valence-corrected chi connectivity index (χ3v) is 5.04. The quantitative estimate of drug-likeness (QED) is 0.924. The number of nitrogens with zero attached hydrogens (tertiary/aromatic N) is 1. The van der Waals surface area contributed by atoms with E-state index in [4.69, 9.17) is 0 Å². The molecule has 23 heavy (non-hydrogen) atoms. The summed E-state index contributed by atoms with van der Waals surface area (Å²) in [5.41, 5.74) is 0.339. The molecule has 1 saturated heterocycles. The van der Waals surface area contributed by atoms with E-state index in [9.17, 15) is 18.4 Å². The molecular formula is C17H20F2N2O2. The van der Waals surface area contributed by atoms with Gasteiger partial charge in [-0.1, -0.05) is 0 Å². The Labute approximate surface area is 133 Å². The first-order valence-corrected chi connectivity index (χ1v) is 7.89. The number of fused-ring (bicyclic) bond motifs is 1. The van der Waals surface area contributed by atoms with Crippen molar-refractivity contribution < 1.29 is 18.4 Å². The van der Waals surface area contributed by atoms with Crippen molar-refractivity contribution in [3.05, 3.63) is 35.4 Å². The Kier molecular flexibility index (Phi) is 4.33. The standard InChI is InChI=1S/C17H20F2N2O2/c1-21(15-5-11-7-16(22)20-9-12(11)6-15)17(23)4-10-2-13(18)8-14(19)3-10/h2-3,8,11-12,15H,4-7,9H2,1H3,(H,20,22)/t11-,12+,15-/m1/s1. The van der Waals surface area contributed by atoms with Gasteiger partial charge in [-0.3, -0.25) is 9.59 Å². The molecule has 0 unspecified atom stereocenters. The normalized spacial score (nSPS) is 26.6. The summed E-state index contributed by atoms with van der Waals surface area (Å²) in [6.45, 7) is 0.678. The molecule has 1 heterocycles. The van der Waals surface area contributed by atoms with Gasteiger partial charge in [-0.25, -0.2) is 8.78 Å². The van der Waals surface area contributed by atoms with E-state index >= 15 is 0 Å². The first-order valence-electron chi connectivity index (χ1n) is 7.89. The Balaban J connectivity index is 1.62. The van der Waals surface area contributed by atoms with Crippen molar-refractivity contribution in [2.45, 2.75) is 31.7 Å². The van der Waals surface area contributed by atoms with Gasteiger partial charge in [-0.15, -0.1) is 0 Å². The number of hydrogen-bond donors (Lipinski definition) is 1. The number of carbonyl (C=O) groups is 2. The zero-order valence-electron chi connectivity index (χ0n) is 13.0. The predicted molar refractivity (Wildman–Crippen MR) is 80.5 cm³/mol. The largest absolute Gasteiger partial charge is 0.356 e. The molecule has 0 aromatic heterocycles. The third kappa shape index (κ3) is 3.51. The Morgan fingerprint density at radius 1 is 1.22 bits per heavy atom. The fourth-order valence-electron chi connectivity index (χ4n) is 3.77. The van der Waals surface area contributed by atoms with Crippen molar-refractivity contribution in [3.8, 4) is 0 Å². The highest BCUT2D eigenvalue weighted by Gasteiger charge is 2.40. The number of carbonyl (C=O) groups excluding carboxylic acids is 2. The molecule has 124 valence electrons. The van der Waals surface area contributed by atoms with Gasteiger partial charge in [-0.2, -0.15) is 0 Å². The molecular weight excluding hydrogens is 302 g/mol. The van der Waals surface area contributed by atoms with Crippen LogP contribution in [-0.2, 0) is 16.0 Å². The van der Waals surface area contributed by atoms with E-state index in [1.807, 2.05) is 0 Å². The third-order valence-electron chi connectivity index (χ3n) is 5.04. The Bertz CT molecular complexity index is 615. The van der Waals surface area contributed by atoms with Gasteiger partial charge in [0.15, 0.2) is 0 Å². The fraction of sp³-hybridized carbons (Fsp3) is 0.529. The summed E-state index contributed by atoms with van der Waals surface area (Å²) in [6.07, 6.45) is 2.19. The van der Waals surface area contributed by atoms with Crippen LogP contribution < -0.4 is 5.32 Å². The molecule has 1 saturated carbocycles. The average Bonchev–Trinajstić information content (AvgIpc) is 2.88. The summed E-state index contributed by atoms with van der Waals surface area (Å²) in [6, 6.07) is 3.25. The lowest BCUT2D eigenvalue weighted by Gasteiger charge is -2.25. The maximum Gasteiger partial charge on any atom is 0.226 e. The summed E-state index contributed by atoms with van der Waals surface area (Å²) in [7, 11) is 1.73. The van der Waals surface area contributed by atoms with Crippen LogP contribution in [0.4, 0.5) is 8.78 Å². The van der Waals surface area contributed by atoms with E-state index in [0.29, 0.717) is 30.4 Å². The number of amides is 2. The molecule has 1 aliphatic carbocycles. The molecule has 4 nitrogen and oxygen atoms in total. The molecule has 0 radical (unpaired) electrons. The van der Waals surface area contributed by atoms with Gasteiger partial charge in [0.2, 0.25) is 11.8 Å². The van der Waals surface area contributed by atoms with Crippen LogP contribution >= 0.6 is 0 Å². The van der Waals surface area contributed by atoms with Crippen LogP contribution in [0.3, 0.4) is 0 Å². The van der Waals surface area contributed by atoms with E-state index in [2.05, 4.69) is 5.32 Å². The smallest absolute Gasteiger partial charge is 0.226 e. The summed E-state index contributed by atoms with van der Waals surface area (Å²) >= 11 is 0. The highest BCUT2D eigenvalue weighted by molar-refractivity contribution is 5.79. The number of nitrogens with one attached hydrogen (secondary N) is 1. The molecule has 2 aliphatic rings. The molecule has 1 N–H and O–H groups in total. The second-order valence-electron chi connectivity index (χ2n) is 6.61. The maximum absolute atomic E-state index is 13.2. The van der Waals surface area contributed by atoms with Crippen LogP contribution in [0.2, 0.25) is 0 Å². The minimum Gasteiger partial charge on any atom is -0.356 e. The van der Waals surface area contributed by atoms with Crippen LogP contribution in [0.25, 0.3) is 0 Å². The van der Waals surface area contributed by atoms with E-state index in [1.165, 1.54) is 12.1 Å². The van der Waals surface area contributed by atoms with Gasteiger partial charge in [0, 0.05) is 32.1 Å². The van der Waals surface area contributed by atoms with Gasteiger partial charge >= 0.3 is 0 Å². The van der Waals surface area contributed by atoms with Crippen LogP contribution in [0.15, 0.2) is 18.2 Å². The van der Waals surface area contributed by atoms with Gasteiger partial charge < -0.3 is 10.2 Å². The number of piperidine rings is 1. The van der Waals surface area contributed by atoms with Crippen molar-refractivity contribution in [1.82, 2.24) is 10.2 Å². The zero-order valence-corrected chi connectivity index (χ0v) is 13.0. The van der Waals surface area contributed by atoms with Gasteiger partial charge in [0.25, 0.3) is 0 Å². The monoisotopic (exact) mass is 322 g/mol. The van der Waals surface area contributed by atoms with Gasteiger partial charge in [-0.05, 0) is 42.4 Å². The van der Waals surface area contributed by atoms with Crippen molar-refractivity contribution in [3.63, 3.8) is 0 Å². The van der Waals surface area contributed by atoms with E-state index < -0.39 is 11.6 Å². The molecule has 6 heteroatoms. The Hall–Kier alpha value is -1.98. The lowest BCUT2D eigenvalue weighted by Crippen LogP contribution is -2.38. The van der Waals surface area contributed by atoms with Crippen molar-refractivity contribution >= 4 is 11.8 Å². The summed E-state index contributed by atoms with van der Waals surface area (Å²) in [5.74, 6) is -0.678. The minimum atomic E-state index is -0.674. The van der Waals surface area contributed by atoms with Crippen molar-refractivity contribution in [2.75, 3.05) is 13.6 Å². The number of benzene rings is 1. The first-order chi connectivity index (χ1) is 10.9. The topological polar surface area (TPSA) is 49.4 Å². The van der Waals surface area contributed by atoms with Gasteiger partial charge in [0.1, 0.15) is 11.6 Å². The molecule has 0 bridgehead atoms. The first kappa shape index (κ1) is 15.9. The predicted octanol–water partition coefficient (Wildman–Crippen LogP) is 1.88. The minimum absolute atomic E-state index is 0.0196. The molecule has 1 aliphatic heterocycles. The van der Waals surface area contributed by atoms with E-state index in [0.717, 1.165) is 18.9 Å². The summed E-state index contributed by atoms with van der Waals surface area (Å²) in [5, 5.41) is 2.87. The molecule has 3 atom stereocenters. The van der Waals surface area contributed by atoms with E-state index in [-0.39, 0.29) is 24.3 Å². The number of likely N-dealkylation sites (N-methyl/N-ethyl adjacent to an activating group) is 1. The second-order valence-corrected chi connectivity index (χ2v) is 6.61. The van der Waals surface area contributed by atoms with Crippen molar-refractivity contribution in [1.29, 1.82) is 0 Å². The van der Waals surface area contributed by atoms with Crippen LogP contribution in [0.5, 0.6) is 0 Å². The zero-order chi connectivity index (χ0) is 16.6. The molecule has 1 aromatic rings. The van der Waals surface area contributed by atoms with Crippen molar-refractivity contribution in [2.24, 2.45) is 11.8 Å². The van der Waals surface area contributed by atoms with Crippen LogP contribution in [0.1, 0.15) is 24.8 Å². The lowest BCUT2D eigenvalue weighted by atomic mass is 9.89. The van der Waals surface area contributed by atoms with Gasteiger partial charge in [0.05, 0.1) is 6.42 Å². The molecule has 2 fully saturated rings. The number of rotatable bonds is 3. The highest BCUT2D eigenvalue weighted by atomic mass is 19.1. The Morgan fingerprint density at radius 3 is 2.57 bits per heavy atom. The highest BCUT2D eigenvalue weighted by Crippen LogP contribution is 2.38. The average molecular weight is 322 g/mol. The molecule has 3 rings (SSSR count). The maximum atomic E-state index is 13.2. The summed E-state index contributed by atoms with van der Waals surface area (Å²) in [4.78, 5) is 25.5. The lowest BCUT2D eigenvalue weighted by molar-refractivity contribution is -0.131. The SMILES string of the molecule is CN(C(=O)Cc1cc(F)cc(F)c1)[C@H]1C[C@H]2CNC(=O)C[C@H]2C1. The Morgan fingerprint density at radius 2 is 1.87 bits per heavy atom. The molecule has 1 aromatic carbocycles. The molecule has 2 amide bonds. The number of halogens is 2. The van der Waals surface area contributed by atoms with E-state index in [1.54, 1.807) is 11.9 Å². The number of hydrogen-bond acceptors (Lipinski definition) is 2. The fourth-order valence-corrected chi connectivity index (χ4v) is 3.77.